The molecule has 0 aromatic heterocycles. The molecule has 0 radical (unpaired) electrons. The Hall–Kier alpha value is -4.59. The normalized spacial score (nSPS) is 13.9. The predicted octanol–water partition coefficient (Wildman–Crippen LogP) is -0.464. The summed E-state index contributed by atoms with van der Waals surface area (Å²) in [5, 5.41) is 13.7. The molecule has 0 spiro atoms. The van der Waals surface area contributed by atoms with Crippen molar-refractivity contribution in [1.29, 1.82) is 0 Å². The van der Waals surface area contributed by atoms with Gasteiger partial charge in [0.05, 0.1) is 6.54 Å². The average molecular weight is 759 g/mol. The third-order valence-electron chi connectivity index (χ3n) is 7.54. The van der Waals surface area contributed by atoms with Crippen molar-refractivity contribution in [3.63, 3.8) is 0 Å². The van der Waals surface area contributed by atoms with Crippen LogP contribution in [0.4, 0.5) is 0 Å². The summed E-state index contributed by atoms with van der Waals surface area (Å²) in [6, 6.07) is 11.9. The second kappa shape index (κ2) is 22.2. The van der Waals surface area contributed by atoms with Gasteiger partial charge in [-0.2, -0.15) is 0 Å². The van der Waals surface area contributed by atoms with Gasteiger partial charge in [0.2, 0.25) is 11.8 Å². The first-order valence-electron chi connectivity index (χ1n) is 16.4. The van der Waals surface area contributed by atoms with E-state index < -0.39 is 72.1 Å². The maximum absolute atomic E-state index is 13.8. The van der Waals surface area contributed by atoms with Gasteiger partial charge in [0.15, 0.2) is 0 Å². The van der Waals surface area contributed by atoms with Crippen LogP contribution in [0.1, 0.15) is 44.2 Å². The summed E-state index contributed by atoms with van der Waals surface area (Å²) in [6.07, 6.45) is 0.678. The SMILES string of the molecule is C[Se]CC[C@H](N)C(=O)N[C@@H](Cc1ccccc1)C(=O)N[C@@H](CC(N)=O)C(=O)N[C@@H](Cc1ccccc1)C(=O)N[C@@H](CC(C)C)C(=O)NCC=O. The van der Waals surface area contributed by atoms with Gasteiger partial charge in [-0.1, -0.05) is 44.2 Å². The van der Waals surface area contributed by atoms with Gasteiger partial charge in [0.1, 0.15) is 12.3 Å². The van der Waals surface area contributed by atoms with Crippen molar-refractivity contribution in [2.75, 3.05) is 6.54 Å². The van der Waals surface area contributed by atoms with Crippen LogP contribution in [0.2, 0.25) is 11.1 Å². The summed E-state index contributed by atoms with van der Waals surface area (Å²) in [4.78, 5) is 89.8. The Morgan fingerprint density at radius 1 is 0.700 bits per heavy atom. The quantitative estimate of drug-likeness (QED) is 0.0612. The van der Waals surface area contributed by atoms with E-state index in [1.165, 1.54) is 0 Å². The number of hydrogen-bond donors (Lipinski definition) is 7. The van der Waals surface area contributed by atoms with E-state index in [2.05, 4.69) is 26.6 Å². The molecular formula is C35H49N7O7Se. The Bertz CT molecular complexity index is 1430. The van der Waals surface area contributed by atoms with Gasteiger partial charge in [-0.25, -0.2) is 0 Å². The Balaban J connectivity index is 2.35. The first-order chi connectivity index (χ1) is 23.8. The van der Waals surface area contributed by atoms with Crippen LogP contribution in [0.15, 0.2) is 60.7 Å². The van der Waals surface area contributed by atoms with Crippen molar-refractivity contribution < 1.29 is 33.6 Å². The van der Waals surface area contributed by atoms with Crippen molar-refractivity contribution in [2.45, 2.75) is 87.3 Å². The number of hydrogen-bond acceptors (Lipinski definition) is 8. The number of amides is 6. The van der Waals surface area contributed by atoms with Crippen LogP contribution in [0.25, 0.3) is 0 Å². The molecule has 6 amide bonds. The van der Waals surface area contributed by atoms with Crippen molar-refractivity contribution in [2.24, 2.45) is 17.4 Å². The summed E-state index contributed by atoms with van der Waals surface area (Å²) >= 11 is 0.307. The zero-order valence-corrected chi connectivity index (χ0v) is 30.4. The van der Waals surface area contributed by atoms with Gasteiger partial charge in [0.25, 0.3) is 0 Å². The molecule has 5 atom stereocenters. The minimum Gasteiger partial charge on any atom is -0.348 e. The van der Waals surface area contributed by atoms with E-state index in [1.54, 1.807) is 60.7 Å². The fourth-order valence-electron chi connectivity index (χ4n) is 4.97. The van der Waals surface area contributed by atoms with Crippen LogP contribution in [0.3, 0.4) is 0 Å². The molecule has 2 aromatic carbocycles. The number of nitrogens with two attached hydrogens (primary N) is 2. The van der Waals surface area contributed by atoms with Crippen molar-refractivity contribution in [1.82, 2.24) is 26.6 Å². The van der Waals surface area contributed by atoms with Crippen LogP contribution in [-0.2, 0) is 46.4 Å². The fraction of sp³-hybridized carbons (Fsp3) is 0.457. The second-order valence-electron chi connectivity index (χ2n) is 12.2. The topological polar surface area (TPSA) is 232 Å². The Morgan fingerprint density at radius 2 is 1.16 bits per heavy atom. The first kappa shape index (κ1) is 41.6. The number of benzene rings is 2. The maximum atomic E-state index is 13.8. The molecular weight excluding hydrogens is 709 g/mol. The molecule has 14 nitrogen and oxygen atoms in total. The van der Waals surface area contributed by atoms with Gasteiger partial charge in [-0.15, -0.1) is 0 Å². The number of rotatable bonds is 22. The standard InChI is InChI=1S/C35H49N7O7Se/c1-22(2)18-26(32(46)38-15-16-43)40-34(48)28(20-24-12-8-5-9-13-24)41-35(49)29(21-30(37)44)42-33(47)27(19-23-10-6-4-7-11-23)39-31(45)25(36)14-17-50-3/h4-13,16,22,25-29H,14-15,17-21,36H2,1-3H3,(H2,37,44)(H,38,46)(H,39,45)(H,40,48)(H,41,49)(H,42,47)/t25-,26-,27-,28-,29-/m0/s1. The molecule has 50 heavy (non-hydrogen) atoms. The molecule has 0 saturated heterocycles. The van der Waals surface area contributed by atoms with Gasteiger partial charge in [0, 0.05) is 6.42 Å². The summed E-state index contributed by atoms with van der Waals surface area (Å²) in [7, 11) is 0. The fourth-order valence-corrected chi connectivity index (χ4v) is 6.00. The van der Waals surface area contributed by atoms with Gasteiger partial charge >= 0.3 is 176 Å². The van der Waals surface area contributed by atoms with Crippen molar-refractivity contribution >= 4 is 56.7 Å². The number of carbonyl (C=O) groups is 7. The number of primary amides is 1. The van der Waals surface area contributed by atoms with Gasteiger partial charge < -0.3 is 15.4 Å². The van der Waals surface area contributed by atoms with Crippen LogP contribution >= 0.6 is 0 Å². The molecule has 2 rings (SSSR count). The molecule has 0 fully saturated rings. The minimum atomic E-state index is -1.51. The minimum absolute atomic E-state index is 0.00360. The molecule has 0 saturated carbocycles. The molecule has 272 valence electrons. The Morgan fingerprint density at radius 3 is 1.62 bits per heavy atom. The number of aldehydes is 1. The van der Waals surface area contributed by atoms with Crippen LogP contribution in [0.5, 0.6) is 0 Å². The molecule has 15 heteroatoms. The summed E-state index contributed by atoms with van der Waals surface area (Å²) in [6.45, 7) is 3.48. The summed E-state index contributed by atoms with van der Waals surface area (Å²) in [5.41, 5.74) is 12.9. The smallest absolute Gasteiger partial charge is 0.348 e. The van der Waals surface area contributed by atoms with E-state index in [1.807, 2.05) is 19.7 Å². The van der Waals surface area contributed by atoms with Gasteiger partial charge in [-0.3, -0.25) is 9.59 Å². The van der Waals surface area contributed by atoms with E-state index in [9.17, 15) is 33.6 Å². The molecule has 0 aliphatic rings. The molecule has 2 aromatic rings. The van der Waals surface area contributed by atoms with E-state index >= 15 is 0 Å². The third kappa shape index (κ3) is 15.3. The number of nitrogens with one attached hydrogen (secondary N) is 5. The van der Waals surface area contributed by atoms with Crippen LogP contribution in [-0.4, -0.2) is 93.4 Å². The monoisotopic (exact) mass is 759 g/mol. The third-order valence-corrected chi connectivity index (χ3v) is 8.89. The average Bonchev–Trinajstić information content (AvgIpc) is 3.08. The van der Waals surface area contributed by atoms with E-state index in [0.29, 0.717) is 33.2 Å². The Kier molecular flexibility index (Phi) is 18.5. The molecule has 0 heterocycles. The summed E-state index contributed by atoms with van der Waals surface area (Å²) in [5.74, 6) is -2.32. The van der Waals surface area contributed by atoms with E-state index in [4.69, 9.17) is 11.5 Å². The Labute approximate surface area is 299 Å². The summed E-state index contributed by atoms with van der Waals surface area (Å²) < 4.78 is 0. The predicted molar refractivity (Wildman–Crippen MR) is 189 cm³/mol. The van der Waals surface area contributed by atoms with Gasteiger partial charge in [-0.05, 0) is 17.9 Å². The number of carbonyl (C=O) groups excluding carboxylic acids is 7. The molecule has 0 aliphatic carbocycles. The van der Waals surface area contributed by atoms with Crippen LogP contribution < -0.4 is 38.1 Å². The van der Waals surface area contributed by atoms with E-state index in [-0.39, 0.29) is 31.7 Å². The molecule has 0 bridgehead atoms. The first-order valence-corrected chi connectivity index (χ1v) is 19.3. The van der Waals surface area contributed by atoms with E-state index in [0.717, 1.165) is 10.9 Å². The van der Waals surface area contributed by atoms with Crippen molar-refractivity contribution in [3.8, 4) is 0 Å². The van der Waals surface area contributed by atoms with Crippen molar-refractivity contribution in [3.05, 3.63) is 71.8 Å². The zero-order chi connectivity index (χ0) is 37.1. The molecule has 9 N–H and O–H groups in total. The van der Waals surface area contributed by atoms with Crippen LogP contribution in [0, 0.1) is 5.92 Å². The second-order valence-corrected chi connectivity index (χ2v) is 14.3. The molecule has 0 aliphatic heterocycles. The zero-order valence-electron chi connectivity index (χ0n) is 28.7. The molecule has 0 unspecified atom stereocenters.